The fraction of sp³-hybridized carbons (Fsp3) is 0.294. The van der Waals surface area contributed by atoms with E-state index < -0.39 is 5.63 Å². The average molecular weight is 299 g/mol. The molecule has 5 heteroatoms. The zero-order valence-electron chi connectivity index (χ0n) is 12.3. The van der Waals surface area contributed by atoms with Gasteiger partial charge in [0.15, 0.2) is 0 Å². The Labute approximate surface area is 128 Å². The van der Waals surface area contributed by atoms with Crippen LogP contribution in [0.25, 0.3) is 0 Å². The number of benzene rings is 1. The molecule has 114 valence electrons. The summed E-state index contributed by atoms with van der Waals surface area (Å²) in [6.07, 6.45) is 1.95. The highest BCUT2D eigenvalue weighted by molar-refractivity contribution is 5.93. The molecular weight excluding hydrogens is 282 g/mol. The summed E-state index contributed by atoms with van der Waals surface area (Å²) in [5.74, 6) is -0.189. The number of likely N-dealkylation sites (N-methyl/N-ethyl adjacent to an activating group) is 1. The first-order valence-corrected chi connectivity index (χ1v) is 7.16. The van der Waals surface area contributed by atoms with Crippen LogP contribution in [0.15, 0.2) is 51.9 Å². The summed E-state index contributed by atoms with van der Waals surface area (Å²) in [7, 11) is 1.72. The van der Waals surface area contributed by atoms with E-state index in [2.05, 4.69) is 12.1 Å². The average Bonchev–Trinajstić information content (AvgIpc) is 2.55. The van der Waals surface area contributed by atoms with Crippen molar-refractivity contribution in [1.29, 1.82) is 0 Å². The van der Waals surface area contributed by atoms with E-state index in [1.807, 2.05) is 12.1 Å². The number of nitrogens with zero attached hydrogens (tertiary/aromatic N) is 1. The number of amides is 1. The Kier molecular flexibility index (Phi) is 4.06. The van der Waals surface area contributed by atoms with Crippen molar-refractivity contribution in [3.63, 3.8) is 0 Å². The maximum Gasteiger partial charge on any atom is 0.335 e. The summed E-state index contributed by atoms with van der Waals surface area (Å²) in [5, 5.41) is 0. The molecule has 1 amide bonds. The largest absolute Gasteiger partial charge is 0.430 e. The predicted octanol–water partition coefficient (Wildman–Crippen LogP) is 1.85. The van der Waals surface area contributed by atoms with Crippen LogP contribution in [-0.2, 0) is 17.8 Å². The molecular formula is C17H17NO4. The molecule has 0 spiro atoms. The first-order valence-electron chi connectivity index (χ1n) is 7.16. The molecule has 0 saturated carbocycles. The summed E-state index contributed by atoms with van der Waals surface area (Å²) in [4.78, 5) is 24.8. The lowest BCUT2D eigenvalue weighted by atomic mass is 9.99. The van der Waals surface area contributed by atoms with Gasteiger partial charge < -0.3 is 14.1 Å². The molecule has 0 fully saturated rings. The molecule has 22 heavy (non-hydrogen) atoms. The van der Waals surface area contributed by atoms with E-state index in [-0.39, 0.29) is 12.0 Å². The number of hydrogen-bond acceptors (Lipinski definition) is 4. The molecule has 0 bridgehead atoms. The second-order valence-electron chi connectivity index (χ2n) is 5.43. The van der Waals surface area contributed by atoms with E-state index in [0.717, 1.165) is 6.42 Å². The fourth-order valence-electron chi connectivity index (χ4n) is 2.61. The molecule has 1 atom stereocenters. The van der Waals surface area contributed by atoms with Crippen LogP contribution in [0.1, 0.15) is 21.5 Å². The predicted molar refractivity (Wildman–Crippen MR) is 80.7 cm³/mol. The molecule has 0 N–H and O–H groups in total. The molecule has 3 rings (SSSR count). The third kappa shape index (κ3) is 3.09. The summed E-state index contributed by atoms with van der Waals surface area (Å²) in [6, 6.07) is 10.9. The topological polar surface area (TPSA) is 59.8 Å². The second-order valence-corrected chi connectivity index (χ2v) is 5.43. The molecule has 0 aliphatic carbocycles. The zero-order chi connectivity index (χ0) is 15.5. The summed E-state index contributed by atoms with van der Waals surface area (Å²) in [5.41, 5.74) is 2.37. The Morgan fingerprint density at radius 2 is 2.00 bits per heavy atom. The Morgan fingerprint density at radius 3 is 2.73 bits per heavy atom. The molecule has 0 saturated heterocycles. The Bertz CT molecular complexity index is 717. The highest BCUT2D eigenvalue weighted by Gasteiger charge is 2.22. The summed E-state index contributed by atoms with van der Waals surface area (Å²) in [6.45, 7) is 1.06. The van der Waals surface area contributed by atoms with E-state index in [0.29, 0.717) is 18.7 Å². The second kappa shape index (κ2) is 6.15. The Hall–Kier alpha value is -2.40. The van der Waals surface area contributed by atoms with Gasteiger partial charge in [0.1, 0.15) is 6.26 Å². The van der Waals surface area contributed by atoms with E-state index in [1.165, 1.54) is 29.5 Å². The maximum atomic E-state index is 12.3. The smallest absolute Gasteiger partial charge is 0.335 e. The minimum absolute atomic E-state index is 0.0282. The molecule has 0 radical (unpaired) electrons. The van der Waals surface area contributed by atoms with Crippen molar-refractivity contribution in [2.75, 3.05) is 13.6 Å². The highest BCUT2D eigenvalue weighted by Crippen LogP contribution is 2.20. The zero-order valence-corrected chi connectivity index (χ0v) is 12.3. The van der Waals surface area contributed by atoms with Crippen LogP contribution in [0.4, 0.5) is 0 Å². The van der Waals surface area contributed by atoms with Gasteiger partial charge in [-0.1, -0.05) is 24.3 Å². The number of hydrogen-bond donors (Lipinski definition) is 0. The van der Waals surface area contributed by atoms with Crippen molar-refractivity contribution in [3.8, 4) is 0 Å². The number of ether oxygens (including phenoxy) is 1. The van der Waals surface area contributed by atoms with E-state index in [1.54, 1.807) is 11.9 Å². The maximum absolute atomic E-state index is 12.3. The number of carbonyl (C=O) groups is 1. The molecule has 1 aliphatic rings. The van der Waals surface area contributed by atoms with Crippen molar-refractivity contribution < 1.29 is 13.9 Å². The van der Waals surface area contributed by atoms with Crippen LogP contribution in [0, 0.1) is 0 Å². The van der Waals surface area contributed by atoms with Crippen LogP contribution in [0.3, 0.4) is 0 Å². The van der Waals surface area contributed by atoms with Gasteiger partial charge in [0.05, 0.1) is 18.3 Å². The molecule has 2 heterocycles. The molecule has 1 aromatic carbocycles. The van der Waals surface area contributed by atoms with Crippen molar-refractivity contribution >= 4 is 5.91 Å². The van der Waals surface area contributed by atoms with E-state index in [9.17, 15) is 9.59 Å². The highest BCUT2D eigenvalue weighted by atomic mass is 16.5. The number of carbonyl (C=O) groups excluding carboxylic acids is 1. The number of rotatable bonds is 3. The molecule has 2 aromatic rings. The quantitative estimate of drug-likeness (QED) is 0.868. The number of fused-ring (bicyclic) bond motifs is 1. The van der Waals surface area contributed by atoms with Crippen LogP contribution < -0.4 is 5.63 Å². The molecule has 1 aliphatic heterocycles. The summed E-state index contributed by atoms with van der Waals surface area (Å²) < 4.78 is 10.5. The van der Waals surface area contributed by atoms with Gasteiger partial charge in [0.25, 0.3) is 5.91 Å². The lowest BCUT2D eigenvalue weighted by Crippen LogP contribution is -2.38. The van der Waals surface area contributed by atoms with Gasteiger partial charge in [0.2, 0.25) is 0 Å². The van der Waals surface area contributed by atoms with Crippen molar-refractivity contribution in [3.05, 3.63) is 69.8 Å². The molecule has 5 nitrogen and oxygen atoms in total. The minimum Gasteiger partial charge on any atom is -0.430 e. The summed E-state index contributed by atoms with van der Waals surface area (Å²) >= 11 is 0. The van der Waals surface area contributed by atoms with Crippen LogP contribution in [0.2, 0.25) is 0 Å². The fourth-order valence-corrected chi connectivity index (χ4v) is 2.61. The Balaban J connectivity index is 1.65. The third-order valence-corrected chi connectivity index (χ3v) is 3.81. The van der Waals surface area contributed by atoms with Gasteiger partial charge in [-0.3, -0.25) is 4.79 Å². The third-order valence-electron chi connectivity index (χ3n) is 3.81. The van der Waals surface area contributed by atoms with Gasteiger partial charge in [-0.25, -0.2) is 4.79 Å². The van der Waals surface area contributed by atoms with Crippen molar-refractivity contribution in [2.24, 2.45) is 0 Å². The Morgan fingerprint density at radius 1 is 1.23 bits per heavy atom. The minimum atomic E-state index is -0.466. The van der Waals surface area contributed by atoms with Gasteiger partial charge in [-0.2, -0.15) is 0 Å². The van der Waals surface area contributed by atoms with Crippen molar-refractivity contribution in [1.82, 2.24) is 4.90 Å². The van der Waals surface area contributed by atoms with Gasteiger partial charge in [0, 0.05) is 26.1 Å². The van der Waals surface area contributed by atoms with E-state index in [4.69, 9.17) is 9.15 Å². The van der Waals surface area contributed by atoms with Crippen LogP contribution >= 0.6 is 0 Å². The monoisotopic (exact) mass is 299 g/mol. The molecule has 1 aromatic heterocycles. The van der Waals surface area contributed by atoms with E-state index >= 15 is 0 Å². The SMILES string of the molecule is CN(CC1Cc2ccccc2CO1)C(=O)c1ccc(=O)oc1. The lowest BCUT2D eigenvalue weighted by Gasteiger charge is -2.29. The van der Waals surface area contributed by atoms with Gasteiger partial charge >= 0.3 is 5.63 Å². The molecule has 1 unspecified atom stereocenters. The van der Waals surface area contributed by atoms with Gasteiger partial charge in [-0.05, 0) is 17.2 Å². The first kappa shape index (κ1) is 14.5. The van der Waals surface area contributed by atoms with Gasteiger partial charge in [-0.15, -0.1) is 0 Å². The first-order chi connectivity index (χ1) is 10.6. The van der Waals surface area contributed by atoms with Crippen LogP contribution in [-0.4, -0.2) is 30.5 Å². The standard InChI is InChI=1S/C17H17NO4/c1-18(17(20)14-6-7-16(19)22-11-14)9-15-8-12-4-2-3-5-13(12)10-21-15/h2-7,11,15H,8-10H2,1H3. The normalized spacial score (nSPS) is 16.9. The lowest BCUT2D eigenvalue weighted by molar-refractivity contribution is 0.00979. The van der Waals surface area contributed by atoms with Crippen LogP contribution in [0.5, 0.6) is 0 Å². The van der Waals surface area contributed by atoms with Crippen molar-refractivity contribution in [2.45, 2.75) is 19.1 Å².